The lowest BCUT2D eigenvalue weighted by molar-refractivity contribution is -0.119. The molecule has 2 N–H and O–H groups in total. The van der Waals surface area contributed by atoms with Crippen LogP contribution in [0.25, 0.3) is 22.0 Å². The van der Waals surface area contributed by atoms with E-state index in [4.69, 9.17) is 16.0 Å². The van der Waals surface area contributed by atoms with Crippen LogP contribution in [0.1, 0.15) is 22.4 Å². The maximum absolute atomic E-state index is 12.6. The van der Waals surface area contributed by atoms with Crippen LogP contribution < -0.4 is 10.6 Å². The third kappa shape index (κ3) is 4.59. The number of rotatable bonds is 6. The highest BCUT2D eigenvalue weighted by Gasteiger charge is 2.16. The van der Waals surface area contributed by atoms with Crippen molar-refractivity contribution in [2.45, 2.75) is 13.5 Å². The van der Waals surface area contributed by atoms with Gasteiger partial charge < -0.3 is 9.73 Å². The molecule has 0 aliphatic rings. The maximum atomic E-state index is 12.6. The van der Waals surface area contributed by atoms with Crippen molar-refractivity contribution in [2.24, 2.45) is 0 Å². The molecule has 30 heavy (non-hydrogen) atoms. The van der Waals surface area contributed by atoms with Crippen molar-refractivity contribution < 1.29 is 14.0 Å². The van der Waals surface area contributed by atoms with E-state index in [-0.39, 0.29) is 11.8 Å². The Balaban J connectivity index is 1.43. The minimum Gasteiger partial charge on any atom is -0.458 e. The van der Waals surface area contributed by atoms with Gasteiger partial charge in [0.2, 0.25) is 5.91 Å². The monoisotopic (exact) mass is 458 g/mol. The highest BCUT2D eigenvalue weighted by Crippen LogP contribution is 2.32. The van der Waals surface area contributed by atoms with Crippen molar-refractivity contribution in [1.29, 1.82) is 0 Å². The minimum absolute atomic E-state index is 0.132. The Labute approximate surface area is 184 Å². The van der Waals surface area contributed by atoms with E-state index in [0.29, 0.717) is 43.8 Å². The summed E-state index contributed by atoms with van der Waals surface area (Å²) in [6, 6.07) is 10.9. The predicted octanol–water partition coefficient (Wildman–Crippen LogP) is 5.07. The van der Waals surface area contributed by atoms with Crippen molar-refractivity contribution >= 4 is 51.2 Å². The molecule has 0 fully saturated rings. The highest BCUT2D eigenvalue weighted by molar-refractivity contribution is 7.17. The topological polar surface area (TPSA) is 97.1 Å². The van der Waals surface area contributed by atoms with Gasteiger partial charge in [-0.1, -0.05) is 29.8 Å². The van der Waals surface area contributed by atoms with Crippen molar-refractivity contribution in [2.75, 3.05) is 5.32 Å². The van der Waals surface area contributed by atoms with Gasteiger partial charge in [0.25, 0.3) is 5.91 Å². The molecule has 1 aromatic carbocycles. The fourth-order valence-electron chi connectivity index (χ4n) is 2.56. The predicted molar refractivity (Wildman–Crippen MR) is 118 cm³/mol. The van der Waals surface area contributed by atoms with Crippen LogP contribution in [0, 0.1) is 0 Å². The number of hydrogen-bond acceptors (Lipinski definition) is 7. The van der Waals surface area contributed by atoms with Gasteiger partial charge in [0, 0.05) is 17.9 Å². The van der Waals surface area contributed by atoms with Gasteiger partial charge in [-0.3, -0.25) is 14.9 Å². The van der Waals surface area contributed by atoms with E-state index >= 15 is 0 Å². The zero-order valence-electron chi connectivity index (χ0n) is 15.6. The molecule has 0 aliphatic carbocycles. The second-order valence-electron chi connectivity index (χ2n) is 6.18. The fraction of sp³-hybridized carbons (Fsp3) is 0.100. The first kappa shape index (κ1) is 20.3. The number of carbonyl (C=O) groups excluding carboxylic acids is 2. The Bertz CT molecular complexity index is 1210. The molecule has 0 unspecified atom stereocenters. The SMILES string of the molecule is CC(=O)NCc1ccc(-c2csc(NC(=O)c3cnc(-c4ccccc4Cl)s3)n2)o1. The standard InChI is InChI=1S/C20H15ClN4O3S2/c1-11(26)22-8-12-6-7-16(28-12)15-10-29-20(24-15)25-18(27)17-9-23-19(30-17)13-4-2-3-5-14(13)21/h2-7,9-10H,8H2,1H3,(H,22,26)(H,24,25,27). The summed E-state index contributed by atoms with van der Waals surface area (Å²) in [5.74, 6) is 0.756. The zero-order valence-corrected chi connectivity index (χ0v) is 18.0. The Morgan fingerprint density at radius 2 is 2.03 bits per heavy atom. The van der Waals surface area contributed by atoms with Gasteiger partial charge in [0.05, 0.1) is 17.8 Å². The van der Waals surface area contributed by atoms with Gasteiger partial charge in [-0.2, -0.15) is 0 Å². The van der Waals surface area contributed by atoms with Crippen molar-refractivity contribution in [3.05, 3.63) is 63.6 Å². The van der Waals surface area contributed by atoms with Gasteiger partial charge >= 0.3 is 0 Å². The van der Waals surface area contributed by atoms with E-state index in [0.717, 1.165) is 5.56 Å². The van der Waals surface area contributed by atoms with Crippen LogP contribution in [-0.4, -0.2) is 21.8 Å². The number of anilines is 1. The summed E-state index contributed by atoms with van der Waals surface area (Å²) < 4.78 is 5.68. The lowest BCUT2D eigenvalue weighted by atomic mass is 10.2. The zero-order chi connectivity index (χ0) is 21.1. The van der Waals surface area contributed by atoms with Crippen LogP contribution in [-0.2, 0) is 11.3 Å². The Hall–Kier alpha value is -3.01. The van der Waals surface area contributed by atoms with Crippen LogP contribution in [0.4, 0.5) is 5.13 Å². The normalized spacial score (nSPS) is 10.7. The third-order valence-corrected chi connectivity index (χ3v) is 6.10. The van der Waals surface area contributed by atoms with E-state index in [1.54, 1.807) is 23.6 Å². The number of nitrogens with one attached hydrogen (secondary N) is 2. The summed E-state index contributed by atoms with van der Waals surface area (Å²) in [7, 11) is 0. The molecule has 4 rings (SSSR count). The second kappa shape index (κ2) is 8.78. The number of amides is 2. The number of furan rings is 1. The maximum Gasteiger partial charge on any atom is 0.269 e. The quantitative estimate of drug-likeness (QED) is 0.420. The fourth-order valence-corrected chi connectivity index (χ4v) is 4.39. The lowest BCUT2D eigenvalue weighted by Gasteiger charge is -1.99. The summed E-state index contributed by atoms with van der Waals surface area (Å²) in [5.41, 5.74) is 1.39. The summed E-state index contributed by atoms with van der Waals surface area (Å²) in [5, 5.41) is 8.95. The van der Waals surface area contributed by atoms with E-state index < -0.39 is 0 Å². The molecule has 10 heteroatoms. The van der Waals surface area contributed by atoms with Crippen LogP contribution in [0.15, 0.2) is 52.4 Å². The average Bonchev–Trinajstić information content (AvgIpc) is 3.47. The minimum atomic E-state index is -0.294. The molecule has 0 spiro atoms. The molecular weight excluding hydrogens is 444 g/mol. The summed E-state index contributed by atoms with van der Waals surface area (Å²) in [6.45, 7) is 1.75. The van der Waals surface area contributed by atoms with Gasteiger partial charge in [0.15, 0.2) is 10.9 Å². The molecule has 0 radical (unpaired) electrons. The number of nitrogens with zero attached hydrogens (tertiary/aromatic N) is 2. The molecule has 0 saturated heterocycles. The smallest absolute Gasteiger partial charge is 0.269 e. The first-order chi connectivity index (χ1) is 14.5. The van der Waals surface area contributed by atoms with Crippen LogP contribution in [0.3, 0.4) is 0 Å². The Morgan fingerprint density at radius 3 is 2.83 bits per heavy atom. The number of hydrogen-bond donors (Lipinski definition) is 2. The first-order valence-electron chi connectivity index (χ1n) is 8.81. The molecular formula is C20H15ClN4O3S2. The second-order valence-corrected chi connectivity index (χ2v) is 8.47. The van der Waals surface area contributed by atoms with Gasteiger partial charge in [-0.15, -0.1) is 22.7 Å². The van der Waals surface area contributed by atoms with Gasteiger partial charge in [0.1, 0.15) is 21.3 Å². The lowest BCUT2D eigenvalue weighted by Crippen LogP contribution is -2.18. The molecule has 4 aromatic rings. The van der Waals surface area contributed by atoms with Gasteiger partial charge in [-0.25, -0.2) is 9.97 Å². The summed E-state index contributed by atoms with van der Waals surface area (Å²) >= 11 is 8.75. The average molecular weight is 459 g/mol. The highest BCUT2D eigenvalue weighted by atomic mass is 35.5. The van der Waals surface area contributed by atoms with Crippen LogP contribution in [0.5, 0.6) is 0 Å². The molecule has 2 amide bonds. The number of halogens is 1. The van der Waals surface area contributed by atoms with E-state index in [2.05, 4.69) is 20.6 Å². The number of benzene rings is 1. The largest absolute Gasteiger partial charge is 0.458 e. The van der Waals surface area contributed by atoms with Crippen molar-refractivity contribution in [3.8, 4) is 22.0 Å². The summed E-state index contributed by atoms with van der Waals surface area (Å²) in [6.07, 6.45) is 1.52. The Kier molecular flexibility index (Phi) is 5.93. The van der Waals surface area contributed by atoms with Crippen molar-refractivity contribution in [3.63, 3.8) is 0 Å². The number of thiazole rings is 2. The first-order valence-corrected chi connectivity index (χ1v) is 10.9. The summed E-state index contributed by atoms with van der Waals surface area (Å²) in [4.78, 5) is 32.7. The van der Waals surface area contributed by atoms with Crippen LogP contribution in [0.2, 0.25) is 5.02 Å². The molecule has 3 aromatic heterocycles. The molecule has 0 bridgehead atoms. The molecule has 152 valence electrons. The van der Waals surface area contributed by atoms with Crippen LogP contribution >= 0.6 is 34.3 Å². The third-order valence-electron chi connectivity index (χ3n) is 3.98. The van der Waals surface area contributed by atoms with Gasteiger partial charge in [-0.05, 0) is 18.2 Å². The number of aromatic nitrogens is 2. The molecule has 0 aliphatic heterocycles. The molecule has 3 heterocycles. The van der Waals surface area contributed by atoms with Crippen molar-refractivity contribution in [1.82, 2.24) is 15.3 Å². The molecule has 0 saturated carbocycles. The number of carbonyl (C=O) groups is 2. The molecule has 7 nitrogen and oxygen atoms in total. The van der Waals surface area contributed by atoms with E-state index in [1.807, 2.05) is 18.2 Å². The van der Waals surface area contributed by atoms with E-state index in [1.165, 1.54) is 35.8 Å². The Morgan fingerprint density at radius 1 is 1.20 bits per heavy atom. The van der Waals surface area contributed by atoms with E-state index in [9.17, 15) is 9.59 Å². The molecule has 0 atom stereocenters.